The molecule has 1 heterocycles. The van der Waals surface area contributed by atoms with E-state index in [0.29, 0.717) is 13.0 Å². The predicted molar refractivity (Wildman–Crippen MR) is 98.8 cm³/mol. The van der Waals surface area contributed by atoms with E-state index in [4.69, 9.17) is 9.15 Å². The van der Waals surface area contributed by atoms with Crippen molar-refractivity contribution in [1.29, 1.82) is 0 Å². The highest BCUT2D eigenvalue weighted by atomic mass is 16.5. The number of ether oxygens (including phenoxy) is 1. The zero-order valence-electron chi connectivity index (χ0n) is 15.4. The minimum atomic E-state index is -0.888. The summed E-state index contributed by atoms with van der Waals surface area (Å²) in [5, 5.41) is 5.46. The molecular weight excluding hydrogens is 348 g/mol. The smallest absolute Gasteiger partial charge is 0.306 e. The number of carbonyl (C=O) groups is 3. The first-order valence-corrected chi connectivity index (χ1v) is 8.84. The van der Waals surface area contributed by atoms with Crippen molar-refractivity contribution < 1.29 is 23.5 Å². The summed E-state index contributed by atoms with van der Waals surface area (Å²) in [6, 6.07) is 12.5. The van der Waals surface area contributed by atoms with E-state index in [9.17, 15) is 14.4 Å². The zero-order chi connectivity index (χ0) is 19.6. The van der Waals surface area contributed by atoms with E-state index in [1.165, 1.54) is 13.2 Å². The Morgan fingerprint density at radius 3 is 2.48 bits per heavy atom. The van der Waals surface area contributed by atoms with Crippen LogP contribution in [-0.2, 0) is 14.3 Å². The molecule has 2 atom stereocenters. The number of nitrogens with one attached hydrogen (secondary N) is 2. The van der Waals surface area contributed by atoms with Gasteiger partial charge in [0, 0.05) is 13.0 Å². The Morgan fingerprint density at radius 2 is 1.81 bits per heavy atom. The first kappa shape index (κ1) is 20.2. The molecule has 7 heteroatoms. The van der Waals surface area contributed by atoms with Gasteiger partial charge in [-0.3, -0.25) is 14.4 Å². The monoisotopic (exact) mass is 372 g/mol. The summed E-state index contributed by atoms with van der Waals surface area (Å²) in [5.74, 6) is -0.963. The quantitative estimate of drug-likeness (QED) is 0.521. The van der Waals surface area contributed by atoms with Crippen molar-refractivity contribution >= 4 is 17.8 Å². The van der Waals surface area contributed by atoms with Crippen LogP contribution >= 0.6 is 0 Å². The van der Waals surface area contributed by atoms with Crippen LogP contribution in [0.5, 0.6) is 0 Å². The number of benzene rings is 1. The molecule has 7 nitrogen and oxygen atoms in total. The summed E-state index contributed by atoms with van der Waals surface area (Å²) in [5.41, 5.74) is 0.969. The Hall–Kier alpha value is -3.09. The molecule has 0 radical (unpaired) electrons. The number of carbonyl (C=O) groups excluding carboxylic acids is 3. The van der Waals surface area contributed by atoms with Gasteiger partial charge in [-0.05, 0) is 38.0 Å². The number of esters is 1. The van der Waals surface area contributed by atoms with Gasteiger partial charge in [-0.15, -0.1) is 0 Å². The molecule has 0 aliphatic rings. The number of amides is 2. The van der Waals surface area contributed by atoms with Crippen LogP contribution < -0.4 is 10.6 Å². The second kappa shape index (κ2) is 10.2. The van der Waals surface area contributed by atoms with Crippen molar-refractivity contribution in [1.82, 2.24) is 10.6 Å². The third-order valence-corrected chi connectivity index (χ3v) is 3.92. The fourth-order valence-electron chi connectivity index (χ4n) is 2.39. The van der Waals surface area contributed by atoms with E-state index in [1.54, 1.807) is 12.1 Å². The van der Waals surface area contributed by atoms with E-state index < -0.39 is 12.1 Å². The van der Waals surface area contributed by atoms with Crippen molar-refractivity contribution in [2.75, 3.05) is 6.54 Å². The number of furan rings is 1. The molecule has 0 bridgehead atoms. The second-order valence-corrected chi connectivity index (χ2v) is 6.11. The Labute approximate surface area is 158 Å². The van der Waals surface area contributed by atoms with Gasteiger partial charge < -0.3 is 19.8 Å². The van der Waals surface area contributed by atoms with Gasteiger partial charge in [0.2, 0.25) is 0 Å². The van der Waals surface area contributed by atoms with E-state index in [-0.39, 0.29) is 30.0 Å². The summed E-state index contributed by atoms with van der Waals surface area (Å²) < 4.78 is 10.1. The molecule has 1 aromatic heterocycles. The highest BCUT2D eigenvalue weighted by Crippen LogP contribution is 2.11. The topological polar surface area (TPSA) is 97.6 Å². The highest BCUT2D eigenvalue weighted by molar-refractivity contribution is 5.91. The van der Waals surface area contributed by atoms with Gasteiger partial charge in [0.1, 0.15) is 0 Å². The summed E-state index contributed by atoms with van der Waals surface area (Å²) in [6.07, 6.45) is 1.03. The lowest BCUT2D eigenvalue weighted by Crippen LogP contribution is -2.37. The molecule has 0 aliphatic heterocycles. The molecule has 2 aromatic rings. The second-order valence-electron chi connectivity index (χ2n) is 6.11. The Kier molecular flexibility index (Phi) is 7.61. The van der Waals surface area contributed by atoms with E-state index in [1.807, 2.05) is 37.3 Å². The average molecular weight is 372 g/mol. The number of rotatable bonds is 9. The molecule has 1 aromatic carbocycles. The van der Waals surface area contributed by atoms with Crippen molar-refractivity contribution in [3.8, 4) is 0 Å². The lowest BCUT2D eigenvalue weighted by atomic mass is 10.1. The number of hydrogen-bond donors (Lipinski definition) is 2. The standard InChI is InChI=1S/C20H24N2O5/c1-14(16-8-4-3-5-9-16)22-19(24)15(2)27-18(23)11-6-12-21-20(25)17-10-7-13-26-17/h3-5,7-10,13-15H,6,11-12H2,1-2H3,(H,21,25)(H,22,24). The van der Waals surface area contributed by atoms with Gasteiger partial charge in [-0.2, -0.15) is 0 Å². The van der Waals surface area contributed by atoms with Gasteiger partial charge in [-0.25, -0.2) is 0 Å². The fourth-order valence-corrected chi connectivity index (χ4v) is 2.39. The van der Waals surface area contributed by atoms with E-state index in [0.717, 1.165) is 5.56 Å². The molecule has 0 saturated heterocycles. The van der Waals surface area contributed by atoms with Gasteiger partial charge in [-0.1, -0.05) is 30.3 Å². The molecule has 0 spiro atoms. The maximum atomic E-state index is 12.2. The summed E-state index contributed by atoms with van der Waals surface area (Å²) >= 11 is 0. The van der Waals surface area contributed by atoms with Crippen LogP contribution in [0.15, 0.2) is 53.1 Å². The molecule has 144 valence electrons. The molecule has 0 aliphatic carbocycles. The number of hydrogen-bond acceptors (Lipinski definition) is 5. The normalized spacial score (nSPS) is 12.7. The van der Waals surface area contributed by atoms with E-state index in [2.05, 4.69) is 10.6 Å². The Bertz CT molecular complexity index is 743. The van der Waals surface area contributed by atoms with Crippen LogP contribution in [0.2, 0.25) is 0 Å². The Morgan fingerprint density at radius 1 is 1.07 bits per heavy atom. The van der Waals surface area contributed by atoms with Crippen LogP contribution in [0.25, 0.3) is 0 Å². The molecule has 2 N–H and O–H groups in total. The van der Waals surface area contributed by atoms with Gasteiger partial charge in [0.25, 0.3) is 11.8 Å². The van der Waals surface area contributed by atoms with Crippen LogP contribution in [0, 0.1) is 0 Å². The van der Waals surface area contributed by atoms with Gasteiger partial charge in [0.05, 0.1) is 12.3 Å². The fraction of sp³-hybridized carbons (Fsp3) is 0.350. The Balaban J connectivity index is 1.65. The van der Waals surface area contributed by atoms with Crippen molar-refractivity contribution in [2.45, 2.75) is 38.8 Å². The maximum Gasteiger partial charge on any atom is 0.306 e. The predicted octanol–water partition coefficient (Wildman–Crippen LogP) is 2.60. The third kappa shape index (κ3) is 6.62. The van der Waals surface area contributed by atoms with Crippen LogP contribution in [-0.4, -0.2) is 30.4 Å². The van der Waals surface area contributed by atoms with E-state index >= 15 is 0 Å². The summed E-state index contributed by atoms with van der Waals surface area (Å²) in [6.45, 7) is 3.70. The molecule has 2 rings (SSSR count). The lowest BCUT2D eigenvalue weighted by Gasteiger charge is -2.18. The average Bonchev–Trinajstić information content (AvgIpc) is 3.20. The maximum absolute atomic E-state index is 12.2. The zero-order valence-corrected chi connectivity index (χ0v) is 15.4. The van der Waals surface area contributed by atoms with Crippen molar-refractivity contribution in [3.05, 3.63) is 60.1 Å². The highest BCUT2D eigenvalue weighted by Gasteiger charge is 2.19. The third-order valence-electron chi connectivity index (χ3n) is 3.92. The van der Waals surface area contributed by atoms with Gasteiger partial charge >= 0.3 is 5.97 Å². The first-order chi connectivity index (χ1) is 13.0. The van der Waals surface area contributed by atoms with Crippen LogP contribution in [0.1, 0.15) is 48.8 Å². The van der Waals surface area contributed by atoms with Crippen LogP contribution in [0.3, 0.4) is 0 Å². The molecule has 2 unspecified atom stereocenters. The first-order valence-electron chi connectivity index (χ1n) is 8.84. The summed E-state index contributed by atoms with van der Waals surface area (Å²) in [7, 11) is 0. The van der Waals surface area contributed by atoms with Gasteiger partial charge in [0.15, 0.2) is 11.9 Å². The minimum absolute atomic E-state index is 0.101. The molecule has 0 saturated carbocycles. The molecule has 0 fully saturated rings. The molecular formula is C20H24N2O5. The molecule has 27 heavy (non-hydrogen) atoms. The minimum Gasteiger partial charge on any atom is -0.459 e. The van der Waals surface area contributed by atoms with Crippen molar-refractivity contribution in [3.63, 3.8) is 0 Å². The largest absolute Gasteiger partial charge is 0.459 e. The SMILES string of the molecule is CC(OC(=O)CCCNC(=O)c1ccco1)C(=O)NC(C)c1ccccc1. The summed E-state index contributed by atoms with van der Waals surface area (Å²) in [4.78, 5) is 35.7. The van der Waals surface area contributed by atoms with Crippen LogP contribution in [0.4, 0.5) is 0 Å². The van der Waals surface area contributed by atoms with Crippen molar-refractivity contribution in [2.24, 2.45) is 0 Å². The molecule has 2 amide bonds. The lowest BCUT2D eigenvalue weighted by molar-refractivity contribution is -0.155.